The molecule has 6 nitrogen and oxygen atoms in total. The van der Waals surface area contributed by atoms with Crippen LogP contribution in [-0.2, 0) is 28.6 Å². The Labute approximate surface area is 346 Å². The summed E-state index contributed by atoms with van der Waals surface area (Å²) < 4.78 is 16.7. The van der Waals surface area contributed by atoms with Crippen LogP contribution in [0, 0.1) is 0 Å². The van der Waals surface area contributed by atoms with Crippen LogP contribution in [0.3, 0.4) is 0 Å². The Balaban J connectivity index is 4.35. The molecule has 0 rings (SSSR count). The predicted octanol–water partition coefficient (Wildman–Crippen LogP) is 15.4. The summed E-state index contributed by atoms with van der Waals surface area (Å²) in [7, 11) is 0. The number of esters is 3. The van der Waals surface area contributed by atoms with Gasteiger partial charge in [-0.2, -0.15) is 0 Å². The monoisotopic (exact) mass is 787 g/mol. The molecule has 0 N–H and O–H groups in total. The van der Waals surface area contributed by atoms with Crippen molar-refractivity contribution in [2.75, 3.05) is 13.2 Å². The third kappa shape index (κ3) is 42.8. The van der Waals surface area contributed by atoms with E-state index >= 15 is 0 Å². The van der Waals surface area contributed by atoms with Gasteiger partial charge in [-0.3, -0.25) is 14.4 Å². The number of unbranched alkanes of at least 4 members (excludes halogenated alkanes) is 26. The minimum atomic E-state index is -0.772. The van der Waals surface area contributed by atoms with Crippen LogP contribution in [0.25, 0.3) is 0 Å². The zero-order valence-electron chi connectivity index (χ0n) is 37.2. The van der Waals surface area contributed by atoms with Crippen LogP contribution < -0.4 is 0 Å². The van der Waals surface area contributed by atoms with Gasteiger partial charge in [0.15, 0.2) is 6.10 Å². The highest BCUT2D eigenvalue weighted by Gasteiger charge is 2.19. The summed E-state index contributed by atoms with van der Waals surface area (Å²) in [6.07, 6.45) is 51.2. The van der Waals surface area contributed by atoms with Crippen LogP contribution in [0.5, 0.6) is 0 Å². The zero-order chi connectivity index (χ0) is 40.8. The van der Waals surface area contributed by atoms with Gasteiger partial charge in [-0.1, -0.05) is 211 Å². The molecule has 0 radical (unpaired) electrons. The first-order valence-corrected chi connectivity index (χ1v) is 24.0. The minimum absolute atomic E-state index is 0.0743. The first-order chi connectivity index (χ1) is 27.5. The predicted molar refractivity (Wildman–Crippen MR) is 238 cm³/mol. The first kappa shape index (κ1) is 53.6. The molecular weight excluding hydrogens is 697 g/mol. The van der Waals surface area contributed by atoms with Crippen molar-refractivity contribution >= 4 is 17.9 Å². The van der Waals surface area contributed by atoms with Gasteiger partial charge in [0.1, 0.15) is 13.2 Å². The average Bonchev–Trinajstić information content (AvgIpc) is 3.19. The normalized spacial score (nSPS) is 12.3. The molecule has 0 aliphatic rings. The van der Waals surface area contributed by atoms with E-state index in [1.165, 1.54) is 109 Å². The summed E-state index contributed by atoms with van der Waals surface area (Å²) in [6, 6.07) is 0. The Kier molecular flexibility index (Phi) is 43.4. The second kappa shape index (κ2) is 45.3. The second-order valence-electron chi connectivity index (χ2n) is 16.0. The molecule has 1 unspecified atom stereocenters. The van der Waals surface area contributed by atoms with Crippen LogP contribution in [0.15, 0.2) is 36.5 Å². The van der Waals surface area contributed by atoms with Crippen LogP contribution in [0.2, 0.25) is 0 Å². The maximum absolute atomic E-state index is 12.7. The van der Waals surface area contributed by atoms with E-state index in [1.54, 1.807) is 0 Å². The van der Waals surface area contributed by atoms with Gasteiger partial charge in [0, 0.05) is 19.3 Å². The topological polar surface area (TPSA) is 78.9 Å². The Hall–Kier alpha value is -2.37. The lowest BCUT2D eigenvalue weighted by Crippen LogP contribution is -2.30. The van der Waals surface area contributed by atoms with Gasteiger partial charge in [-0.15, -0.1) is 0 Å². The summed E-state index contributed by atoms with van der Waals surface area (Å²) >= 11 is 0. The lowest BCUT2D eigenvalue weighted by atomic mass is 10.0. The fourth-order valence-corrected chi connectivity index (χ4v) is 6.81. The average molecular weight is 787 g/mol. The van der Waals surface area contributed by atoms with E-state index in [9.17, 15) is 14.4 Å². The molecule has 0 spiro atoms. The smallest absolute Gasteiger partial charge is 0.306 e. The molecule has 1 atom stereocenters. The second-order valence-corrected chi connectivity index (χ2v) is 16.0. The van der Waals surface area contributed by atoms with E-state index in [1.807, 2.05) is 0 Å². The standard InChI is InChI=1S/C50H90O6/c1-4-7-10-13-16-19-21-23-25-27-28-31-34-37-40-43-49(52)55-46-47(45-54-48(51)42-39-36-33-30-18-15-12-9-6-3)56-50(53)44-41-38-35-32-29-26-24-22-20-17-14-11-8-5-2/h7,10,16,19,23,25,47H,4-6,8-9,11-15,17-18,20-22,24,26-46H2,1-3H3/b10-7-,19-16-,25-23-. The minimum Gasteiger partial charge on any atom is -0.462 e. The number of allylic oxidation sites excluding steroid dienone is 6. The van der Waals surface area contributed by atoms with Crippen LogP contribution in [-0.4, -0.2) is 37.2 Å². The van der Waals surface area contributed by atoms with Crippen molar-refractivity contribution in [1.82, 2.24) is 0 Å². The number of hydrogen-bond donors (Lipinski definition) is 0. The van der Waals surface area contributed by atoms with Gasteiger partial charge >= 0.3 is 17.9 Å². The molecule has 0 saturated heterocycles. The SMILES string of the molecule is CC/C=C\C/C=C\C/C=C\CCCCCCCC(=O)OCC(COC(=O)CCCCCCCCCCC)OC(=O)CCCCCCCCCCCCCCCC. The molecule has 0 aromatic carbocycles. The van der Waals surface area contributed by atoms with Gasteiger partial charge in [0.25, 0.3) is 0 Å². The summed E-state index contributed by atoms with van der Waals surface area (Å²) in [6.45, 7) is 6.50. The van der Waals surface area contributed by atoms with Crippen molar-refractivity contribution in [3.8, 4) is 0 Å². The van der Waals surface area contributed by atoms with Gasteiger partial charge in [-0.05, 0) is 51.4 Å². The maximum atomic E-state index is 12.7. The Morgan fingerprint density at radius 1 is 0.375 bits per heavy atom. The Bertz CT molecular complexity index is 953. The summed E-state index contributed by atoms with van der Waals surface area (Å²) in [5.74, 6) is -0.888. The lowest BCUT2D eigenvalue weighted by molar-refractivity contribution is -0.167. The van der Waals surface area contributed by atoms with E-state index in [4.69, 9.17) is 14.2 Å². The van der Waals surface area contributed by atoms with Crippen LogP contribution in [0.4, 0.5) is 0 Å². The van der Waals surface area contributed by atoms with E-state index < -0.39 is 6.10 Å². The van der Waals surface area contributed by atoms with Gasteiger partial charge < -0.3 is 14.2 Å². The molecule has 0 aromatic heterocycles. The highest BCUT2D eigenvalue weighted by molar-refractivity contribution is 5.71. The highest BCUT2D eigenvalue weighted by Crippen LogP contribution is 2.15. The number of rotatable bonds is 43. The van der Waals surface area contributed by atoms with Crippen LogP contribution in [0.1, 0.15) is 245 Å². The molecular formula is C50H90O6. The highest BCUT2D eigenvalue weighted by atomic mass is 16.6. The van der Waals surface area contributed by atoms with Crippen molar-refractivity contribution in [3.05, 3.63) is 36.5 Å². The van der Waals surface area contributed by atoms with Crippen LogP contribution >= 0.6 is 0 Å². The van der Waals surface area contributed by atoms with E-state index in [2.05, 4.69) is 57.2 Å². The van der Waals surface area contributed by atoms with Gasteiger partial charge in [0.2, 0.25) is 0 Å². The van der Waals surface area contributed by atoms with E-state index in [0.717, 1.165) is 96.3 Å². The summed E-state index contributed by atoms with van der Waals surface area (Å²) in [4.78, 5) is 37.8. The van der Waals surface area contributed by atoms with E-state index in [-0.39, 0.29) is 31.1 Å². The molecule has 0 heterocycles. The molecule has 6 heteroatoms. The fraction of sp³-hybridized carbons (Fsp3) is 0.820. The number of hydrogen-bond acceptors (Lipinski definition) is 6. The van der Waals surface area contributed by atoms with Crippen molar-refractivity contribution in [3.63, 3.8) is 0 Å². The van der Waals surface area contributed by atoms with Gasteiger partial charge in [0.05, 0.1) is 0 Å². The number of ether oxygens (including phenoxy) is 3. The molecule has 0 fully saturated rings. The summed E-state index contributed by atoms with van der Waals surface area (Å²) in [5.41, 5.74) is 0. The van der Waals surface area contributed by atoms with Crippen molar-refractivity contribution < 1.29 is 28.6 Å². The quantitative estimate of drug-likeness (QED) is 0.0265. The van der Waals surface area contributed by atoms with E-state index in [0.29, 0.717) is 19.3 Å². The maximum Gasteiger partial charge on any atom is 0.306 e. The molecule has 0 bridgehead atoms. The first-order valence-electron chi connectivity index (χ1n) is 24.0. The fourth-order valence-electron chi connectivity index (χ4n) is 6.81. The third-order valence-corrected chi connectivity index (χ3v) is 10.4. The van der Waals surface area contributed by atoms with Crippen molar-refractivity contribution in [2.24, 2.45) is 0 Å². The lowest BCUT2D eigenvalue weighted by Gasteiger charge is -2.18. The zero-order valence-corrected chi connectivity index (χ0v) is 37.2. The number of carbonyl (C=O) groups excluding carboxylic acids is 3. The summed E-state index contributed by atoms with van der Waals surface area (Å²) in [5, 5.41) is 0. The third-order valence-electron chi connectivity index (χ3n) is 10.4. The molecule has 326 valence electrons. The molecule has 0 aliphatic heterocycles. The Morgan fingerprint density at radius 3 is 1.09 bits per heavy atom. The van der Waals surface area contributed by atoms with Crippen molar-refractivity contribution in [1.29, 1.82) is 0 Å². The molecule has 0 aliphatic carbocycles. The molecule has 0 amide bonds. The molecule has 0 aromatic rings. The molecule has 0 saturated carbocycles. The number of carbonyl (C=O) groups is 3. The van der Waals surface area contributed by atoms with Gasteiger partial charge in [-0.25, -0.2) is 0 Å². The largest absolute Gasteiger partial charge is 0.462 e. The molecule has 56 heavy (non-hydrogen) atoms. The Morgan fingerprint density at radius 2 is 0.696 bits per heavy atom. The van der Waals surface area contributed by atoms with Crippen molar-refractivity contribution in [2.45, 2.75) is 252 Å².